The van der Waals surface area contributed by atoms with Crippen molar-refractivity contribution < 1.29 is 17.9 Å². The molecule has 7 nitrogen and oxygen atoms in total. The van der Waals surface area contributed by atoms with E-state index < -0.39 is 10.0 Å². The maximum atomic E-state index is 13.3. The van der Waals surface area contributed by atoms with Crippen LogP contribution >= 0.6 is 0 Å². The summed E-state index contributed by atoms with van der Waals surface area (Å²) in [6, 6.07) is 13.1. The largest absolute Gasteiger partial charge is 0.494 e. The number of carbonyl (C=O) groups excluding carboxylic acids is 1. The van der Waals surface area contributed by atoms with Gasteiger partial charge in [0.25, 0.3) is 15.9 Å². The molecule has 0 aromatic heterocycles. The molecule has 2 saturated heterocycles. The Kier molecular flexibility index (Phi) is 8.34. The molecule has 2 aliphatic heterocycles. The Morgan fingerprint density at radius 1 is 1.06 bits per heavy atom. The number of nitrogens with one attached hydrogen (secondary N) is 1. The van der Waals surface area contributed by atoms with Crippen molar-refractivity contribution in [3.63, 3.8) is 0 Å². The third-order valence-electron chi connectivity index (χ3n) is 7.01. The molecule has 0 aliphatic carbocycles. The van der Waals surface area contributed by atoms with Gasteiger partial charge in [0.15, 0.2) is 0 Å². The van der Waals surface area contributed by atoms with Gasteiger partial charge in [-0.2, -0.15) is 0 Å². The van der Waals surface area contributed by atoms with Crippen molar-refractivity contribution in [3.05, 3.63) is 54.1 Å². The third kappa shape index (κ3) is 6.76. The number of nitrogens with zero attached hydrogens (tertiary/aromatic N) is 2. The summed E-state index contributed by atoms with van der Waals surface area (Å²) >= 11 is 0. The molecular weight excluding hydrogens is 462 g/mol. The predicted molar refractivity (Wildman–Crippen MR) is 138 cm³/mol. The summed E-state index contributed by atoms with van der Waals surface area (Å²) in [4.78, 5) is 17.8. The van der Waals surface area contributed by atoms with Gasteiger partial charge in [-0.25, -0.2) is 8.42 Å². The minimum Gasteiger partial charge on any atom is -0.494 e. The maximum Gasteiger partial charge on any atom is 0.261 e. The van der Waals surface area contributed by atoms with Gasteiger partial charge in [-0.05, 0) is 100.0 Å². The van der Waals surface area contributed by atoms with Gasteiger partial charge in [0.1, 0.15) is 5.75 Å². The first-order valence-electron chi connectivity index (χ1n) is 12.7. The van der Waals surface area contributed by atoms with Crippen molar-refractivity contribution in [1.29, 1.82) is 0 Å². The summed E-state index contributed by atoms with van der Waals surface area (Å²) in [5.74, 6) is 1.86. The molecule has 1 amide bonds. The van der Waals surface area contributed by atoms with E-state index in [0.29, 0.717) is 36.1 Å². The lowest BCUT2D eigenvalue weighted by Crippen LogP contribution is -2.45. The Morgan fingerprint density at radius 3 is 2.51 bits per heavy atom. The quantitative estimate of drug-likeness (QED) is 0.580. The number of piperidine rings is 2. The van der Waals surface area contributed by atoms with Gasteiger partial charge >= 0.3 is 0 Å². The van der Waals surface area contributed by atoms with Crippen LogP contribution in [0.4, 0.5) is 5.69 Å². The van der Waals surface area contributed by atoms with E-state index >= 15 is 0 Å². The van der Waals surface area contributed by atoms with Crippen molar-refractivity contribution in [2.75, 3.05) is 44.1 Å². The Hall–Kier alpha value is -2.58. The summed E-state index contributed by atoms with van der Waals surface area (Å²) in [5.41, 5.74) is 0.850. The molecule has 4 rings (SSSR count). The van der Waals surface area contributed by atoms with Crippen LogP contribution in [0.3, 0.4) is 0 Å². The highest BCUT2D eigenvalue weighted by Gasteiger charge is 2.28. The van der Waals surface area contributed by atoms with Crippen LogP contribution in [0.5, 0.6) is 5.75 Å². The van der Waals surface area contributed by atoms with Gasteiger partial charge < -0.3 is 14.5 Å². The van der Waals surface area contributed by atoms with Crippen LogP contribution in [-0.4, -0.2) is 63.5 Å². The zero-order chi connectivity index (χ0) is 24.8. The molecule has 2 fully saturated rings. The van der Waals surface area contributed by atoms with Gasteiger partial charge in [-0.1, -0.05) is 13.0 Å². The minimum atomic E-state index is -3.83. The van der Waals surface area contributed by atoms with Crippen LogP contribution in [0.25, 0.3) is 0 Å². The van der Waals surface area contributed by atoms with Crippen LogP contribution in [0.15, 0.2) is 53.4 Å². The first-order valence-corrected chi connectivity index (χ1v) is 14.2. The third-order valence-corrected chi connectivity index (χ3v) is 8.39. The molecule has 190 valence electrons. The zero-order valence-electron chi connectivity index (χ0n) is 20.8. The molecule has 2 aromatic rings. The molecule has 2 aliphatic rings. The molecule has 1 N–H and O–H groups in total. The van der Waals surface area contributed by atoms with Gasteiger partial charge in [0, 0.05) is 30.9 Å². The molecule has 0 radical (unpaired) electrons. The lowest BCUT2D eigenvalue weighted by Gasteiger charge is -2.38. The monoisotopic (exact) mass is 499 g/mol. The van der Waals surface area contributed by atoms with E-state index in [-0.39, 0.29) is 10.8 Å². The minimum absolute atomic E-state index is 0.0771. The number of hydrogen-bond donors (Lipinski definition) is 1. The van der Waals surface area contributed by atoms with Crippen LogP contribution in [-0.2, 0) is 10.0 Å². The summed E-state index contributed by atoms with van der Waals surface area (Å²) < 4.78 is 34.0. The highest BCUT2D eigenvalue weighted by atomic mass is 32.2. The highest BCUT2D eigenvalue weighted by Crippen LogP contribution is 2.24. The smallest absolute Gasteiger partial charge is 0.261 e. The molecule has 1 atom stereocenters. The van der Waals surface area contributed by atoms with Crippen molar-refractivity contribution in [1.82, 2.24) is 9.80 Å². The van der Waals surface area contributed by atoms with Crippen molar-refractivity contribution in [2.24, 2.45) is 11.8 Å². The molecule has 8 heteroatoms. The standard InChI is InChI=1S/C27H37N3O4S/c1-3-34-25-11-9-24(10-12-25)28-35(32,33)26-8-4-7-23(18-26)27(31)30-15-5-6-22(20-30)19-29-16-13-21(2)14-17-29/h4,7-12,18,21-22,28H,3,5-6,13-17,19-20H2,1-2H3. The van der Waals surface area contributed by atoms with Crippen LogP contribution in [0, 0.1) is 11.8 Å². The van der Waals surface area contributed by atoms with E-state index in [0.717, 1.165) is 44.9 Å². The normalized spacial score (nSPS) is 19.9. The van der Waals surface area contributed by atoms with Gasteiger partial charge in [-0.3, -0.25) is 9.52 Å². The van der Waals surface area contributed by atoms with E-state index in [9.17, 15) is 13.2 Å². The van der Waals surface area contributed by atoms with E-state index in [1.165, 1.54) is 25.0 Å². The SMILES string of the molecule is CCOc1ccc(NS(=O)(=O)c2cccc(C(=O)N3CCCC(CN4CCC(C)CC4)C3)c2)cc1. The van der Waals surface area contributed by atoms with Crippen molar-refractivity contribution >= 4 is 21.6 Å². The fraction of sp³-hybridized carbons (Fsp3) is 0.519. The fourth-order valence-electron chi connectivity index (χ4n) is 4.99. The Labute approximate surface area is 209 Å². The fourth-order valence-corrected chi connectivity index (χ4v) is 6.09. The number of amides is 1. The lowest BCUT2D eigenvalue weighted by atomic mass is 9.94. The van der Waals surface area contributed by atoms with Gasteiger partial charge in [-0.15, -0.1) is 0 Å². The number of ether oxygens (including phenoxy) is 1. The number of anilines is 1. The summed E-state index contributed by atoms with van der Waals surface area (Å²) in [6.45, 7) is 9.53. The molecule has 0 spiro atoms. The average Bonchev–Trinajstić information content (AvgIpc) is 2.86. The number of hydrogen-bond acceptors (Lipinski definition) is 5. The Morgan fingerprint density at radius 2 is 1.80 bits per heavy atom. The average molecular weight is 500 g/mol. The van der Waals surface area contributed by atoms with E-state index in [2.05, 4.69) is 16.5 Å². The second-order valence-electron chi connectivity index (χ2n) is 9.83. The summed E-state index contributed by atoms with van der Waals surface area (Å²) in [7, 11) is -3.83. The van der Waals surface area contributed by atoms with Crippen molar-refractivity contribution in [2.45, 2.75) is 44.4 Å². The van der Waals surface area contributed by atoms with E-state index in [4.69, 9.17) is 4.74 Å². The zero-order valence-corrected chi connectivity index (χ0v) is 21.6. The van der Waals surface area contributed by atoms with E-state index in [1.807, 2.05) is 11.8 Å². The van der Waals surface area contributed by atoms with Gasteiger partial charge in [0.2, 0.25) is 0 Å². The Balaban J connectivity index is 1.40. The molecule has 1 unspecified atom stereocenters. The number of rotatable bonds is 8. The van der Waals surface area contributed by atoms with E-state index in [1.54, 1.807) is 36.4 Å². The Bertz CT molecular complexity index is 1100. The van der Waals surface area contributed by atoms with Crippen molar-refractivity contribution in [3.8, 4) is 5.75 Å². The van der Waals surface area contributed by atoms with Crippen LogP contribution < -0.4 is 9.46 Å². The summed E-state index contributed by atoms with van der Waals surface area (Å²) in [6.07, 6.45) is 4.62. The maximum absolute atomic E-state index is 13.3. The highest BCUT2D eigenvalue weighted by molar-refractivity contribution is 7.92. The van der Waals surface area contributed by atoms with Crippen LogP contribution in [0.1, 0.15) is 49.9 Å². The molecule has 2 heterocycles. The summed E-state index contributed by atoms with van der Waals surface area (Å²) in [5, 5.41) is 0. The number of likely N-dealkylation sites (tertiary alicyclic amines) is 2. The molecule has 0 bridgehead atoms. The molecule has 0 saturated carbocycles. The topological polar surface area (TPSA) is 78.9 Å². The van der Waals surface area contributed by atoms with Gasteiger partial charge in [0.05, 0.1) is 11.5 Å². The number of benzene rings is 2. The first-order chi connectivity index (χ1) is 16.8. The van der Waals surface area contributed by atoms with Crippen LogP contribution in [0.2, 0.25) is 0 Å². The first kappa shape index (κ1) is 25.5. The second-order valence-corrected chi connectivity index (χ2v) is 11.5. The lowest BCUT2D eigenvalue weighted by molar-refractivity contribution is 0.0622. The molecular formula is C27H37N3O4S. The number of sulfonamides is 1. The molecule has 2 aromatic carbocycles. The predicted octanol–water partition coefficient (Wildman–Crippen LogP) is 4.47. The molecule has 35 heavy (non-hydrogen) atoms. The second kappa shape index (κ2) is 11.4. The number of carbonyl (C=O) groups is 1.